The van der Waals surface area contributed by atoms with Crippen LogP contribution in [0.25, 0.3) is 0 Å². The van der Waals surface area contributed by atoms with Crippen LogP contribution in [0.15, 0.2) is 0 Å². The number of fused-ring (bicyclic) bond motifs is 1. The summed E-state index contributed by atoms with van der Waals surface area (Å²) in [6.45, 7) is 0. The molecule has 2 rings (SSSR count). The van der Waals surface area contributed by atoms with Crippen molar-refractivity contribution < 1.29 is 9.53 Å². The molecule has 0 aromatic carbocycles. The average Bonchev–Trinajstić information content (AvgIpc) is 2.64. The molecule has 2 nitrogen and oxygen atoms in total. The van der Waals surface area contributed by atoms with Gasteiger partial charge in [0.15, 0.2) is 0 Å². The van der Waals surface area contributed by atoms with Crippen LogP contribution >= 0.6 is 8.46 Å². The zero-order chi connectivity index (χ0) is 10.1. The summed E-state index contributed by atoms with van der Waals surface area (Å²) in [5, 5.41) is 0. The first-order valence-electron chi connectivity index (χ1n) is 5.09. The van der Waals surface area contributed by atoms with Crippen LogP contribution in [0.2, 0.25) is 6.32 Å². The zero-order valence-electron chi connectivity index (χ0n) is 8.11. The molecule has 4 radical (unpaired) electrons. The van der Waals surface area contributed by atoms with E-state index in [-0.39, 0.29) is 12.1 Å². The SMILES string of the molecule is [B]C[C@H]1C[C@@H]2OC(=O)C[C@@H]2[C@H]1CP[B]. The molecule has 1 aliphatic heterocycles. The van der Waals surface area contributed by atoms with Crippen molar-refractivity contribution >= 4 is 29.8 Å². The summed E-state index contributed by atoms with van der Waals surface area (Å²) in [5.74, 6) is 1.38. The predicted octanol–water partition coefficient (Wildman–Crippen LogP) is 0.903. The van der Waals surface area contributed by atoms with Crippen molar-refractivity contribution in [3.05, 3.63) is 0 Å². The van der Waals surface area contributed by atoms with Gasteiger partial charge in [0.2, 0.25) is 0 Å². The molecule has 1 saturated heterocycles. The molecule has 2 fully saturated rings. The normalized spacial score (nSPS) is 41.9. The fourth-order valence-electron chi connectivity index (χ4n) is 2.83. The maximum Gasteiger partial charge on any atom is 0.306 e. The molecule has 1 unspecified atom stereocenters. The largest absolute Gasteiger partial charge is 0.462 e. The van der Waals surface area contributed by atoms with Crippen molar-refractivity contribution in [3.63, 3.8) is 0 Å². The van der Waals surface area contributed by atoms with Crippen molar-refractivity contribution in [2.24, 2.45) is 17.8 Å². The van der Waals surface area contributed by atoms with E-state index in [1.54, 1.807) is 0 Å². The van der Waals surface area contributed by atoms with Gasteiger partial charge in [-0.3, -0.25) is 4.79 Å². The van der Waals surface area contributed by atoms with E-state index in [0.717, 1.165) is 12.6 Å². The third-order valence-electron chi connectivity index (χ3n) is 3.51. The van der Waals surface area contributed by atoms with Crippen LogP contribution in [0.3, 0.4) is 0 Å². The second kappa shape index (κ2) is 4.26. The third kappa shape index (κ3) is 1.74. The number of hydrogen-bond donors (Lipinski definition) is 0. The van der Waals surface area contributed by atoms with Crippen LogP contribution < -0.4 is 0 Å². The Morgan fingerprint density at radius 1 is 1.57 bits per heavy atom. The van der Waals surface area contributed by atoms with Gasteiger partial charge in [0.25, 0.3) is 0 Å². The third-order valence-corrected chi connectivity index (χ3v) is 4.22. The topological polar surface area (TPSA) is 26.3 Å². The monoisotopic (exact) mass is 206 g/mol. The zero-order valence-corrected chi connectivity index (χ0v) is 9.11. The van der Waals surface area contributed by atoms with Crippen LogP contribution in [-0.4, -0.2) is 33.6 Å². The quantitative estimate of drug-likeness (QED) is 0.389. The number of esters is 1. The number of carbonyl (C=O) groups excluding carboxylic acids is 1. The van der Waals surface area contributed by atoms with Crippen LogP contribution in [0.5, 0.6) is 0 Å². The Kier molecular flexibility index (Phi) is 3.21. The molecule has 5 atom stereocenters. The second-order valence-electron chi connectivity index (χ2n) is 4.20. The van der Waals surface area contributed by atoms with Gasteiger partial charge in [-0.05, 0) is 24.4 Å². The molecule has 1 aliphatic carbocycles. The highest BCUT2D eigenvalue weighted by Crippen LogP contribution is 2.47. The molecule has 0 amide bonds. The van der Waals surface area contributed by atoms with E-state index in [1.165, 1.54) is 0 Å². The minimum Gasteiger partial charge on any atom is -0.462 e. The molecule has 0 N–H and O–H groups in total. The Hall–Kier alpha value is 0.0299. The highest BCUT2D eigenvalue weighted by atomic mass is 31.1. The van der Waals surface area contributed by atoms with Crippen molar-refractivity contribution in [2.45, 2.75) is 25.3 Å². The number of carbonyl (C=O) groups is 1. The molecule has 0 bridgehead atoms. The van der Waals surface area contributed by atoms with E-state index in [1.807, 2.05) is 0 Å². The lowest BCUT2D eigenvalue weighted by molar-refractivity contribution is -0.141. The van der Waals surface area contributed by atoms with Gasteiger partial charge in [0, 0.05) is 5.92 Å². The molecule has 14 heavy (non-hydrogen) atoms. The molecule has 0 aromatic rings. The minimum absolute atomic E-state index is 0.0409. The smallest absolute Gasteiger partial charge is 0.306 e. The maximum atomic E-state index is 11.1. The van der Waals surface area contributed by atoms with Crippen molar-refractivity contribution in [3.8, 4) is 0 Å². The van der Waals surface area contributed by atoms with Gasteiger partial charge in [-0.2, -0.15) is 8.46 Å². The Morgan fingerprint density at radius 3 is 3.00 bits per heavy atom. The van der Waals surface area contributed by atoms with Crippen LogP contribution in [0.1, 0.15) is 12.8 Å². The first kappa shape index (κ1) is 10.5. The summed E-state index contributed by atoms with van der Waals surface area (Å²) < 4.78 is 5.26. The Morgan fingerprint density at radius 2 is 2.36 bits per heavy atom. The van der Waals surface area contributed by atoms with Gasteiger partial charge in [-0.1, -0.05) is 6.32 Å². The molecule has 72 valence electrons. The predicted molar refractivity (Wildman–Crippen MR) is 59.1 cm³/mol. The minimum atomic E-state index is -0.0409. The van der Waals surface area contributed by atoms with E-state index in [0.29, 0.717) is 39.0 Å². The summed E-state index contributed by atoms with van der Waals surface area (Å²) in [7, 11) is 11.8. The van der Waals surface area contributed by atoms with Crippen LogP contribution in [0, 0.1) is 17.8 Å². The molecule has 1 saturated carbocycles. The summed E-state index contributed by atoms with van der Waals surface area (Å²) in [6.07, 6.45) is 3.36. The van der Waals surface area contributed by atoms with E-state index in [4.69, 9.17) is 20.1 Å². The van der Waals surface area contributed by atoms with Crippen molar-refractivity contribution in [1.29, 1.82) is 0 Å². The van der Waals surface area contributed by atoms with Crippen molar-refractivity contribution in [2.75, 3.05) is 6.16 Å². The lowest BCUT2D eigenvalue weighted by Gasteiger charge is -2.21. The van der Waals surface area contributed by atoms with Gasteiger partial charge < -0.3 is 4.74 Å². The van der Waals surface area contributed by atoms with Gasteiger partial charge in [-0.25, -0.2) is 0 Å². The molecule has 5 heteroatoms. The van der Waals surface area contributed by atoms with E-state index in [9.17, 15) is 4.79 Å². The fourth-order valence-corrected chi connectivity index (χ4v) is 3.73. The summed E-state index contributed by atoms with van der Waals surface area (Å²) >= 11 is 0. The fraction of sp³-hybridized carbons (Fsp3) is 0.889. The molecule has 0 spiro atoms. The lowest BCUT2D eigenvalue weighted by atomic mass is 9.81. The first-order chi connectivity index (χ1) is 6.76. The molecule has 1 heterocycles. The summed E-state index contributed by atoms with van der Waals surface area (Å²) in [5.41, 5.74) is 0. The number of hydrogen-bond acceptors (Lipinski definition) is 2. The summed E-state index contributed by atoms with van der Waals surface area (Å²) in [6, 6.07) is 0. The second-order valence-corrected chi connectivity index (χ2v) is 5.02. The number of rotatable bonds is 3. The highest BCUT2D eigenvalue weighted by Gasteiger charge is 2.48. The van der Waals surface area contributed by atoms with Crippen LogP contribution in [-0.2, 0) is 9.53 Å². The van der Waals surface area contributed by atoms with E-state index in [2.05, 4.69) is 0 Å². The van der Waals surface area contributed by atoms with Gasteiger partial charge in [0.1, 0.15) is 13.7 Å². The lowest BCUT2D eigenvalue weighted by Crippen LogP contribution is -2.18. The van der Waals surface area contributed by atoms with Gasteiger partial charge in [0.05, 0.1) is 14.3 Å². The summed E-state index contributed by atoms with van der Waals surface area (Å²) in [4.78, 5) is 11.1. The van der Waals surface area contributed by atoms with E-state index < -0.39 is 0 Å². The first-order valence-corrected chi connectivity index (χ1v) is 6.37. The molecular weight excluding hydrogens is 193 g/mol. The highest BCUT2D eigenvalue weighted by molar-refractivity contribution is 7.66. The van der Waals surface area contributed by atoms with Gasteiger partial charge >= 0.3 is 5.97 Å². The van der Waals surface area contributed by atoms with Crippen LogP contribution in [0.4, 0.5) is 0 Å². The molecule has 0 aromatic heterocycles. The standard InChI is InChI=1S/C9H13B2O2P/c10-3-5-1-8-6(2-9(12)13-8)7(5)4-14-11/h5-8,14H,1-4H2/t5-,6-,7+,8+/m1/s1. The Bertz CT molecular complexity index is 237. The Balaban J connectivity index is 2.06. The number of ether oxygens (including phenoxy) is 1. The molecular formula is C9H13B2O2P. The Labute approximate surface area is 89.1 Å². The van der Waals surface area contributed by atoms with E-state index >= 15 is 0 Å². The average molecular weight is 206 g/mol. The van der Waals surface area contributed by atoms with Crippen molar-refractivity contribution in [1.82, 2.24) is 0 Å². The van der Waals surface area contributed by atoms with Gasteiger partial charge in [-0.15, -0.1) is 0 Å². The maximum absolute atomic E-state index is 11.1. The molecule has 2 aliphatic rings.